The molecule has 0 bridgehead atoms. The highest BCUT2D eigenvalue weighted by atomic mass is 16.5. The summed E-state index contributed by atoms with van der Waals surface area (Å²) in [6, 6.07) is 16.2. The highest BCUT2D eigenvalue weighted by Gasteiger charge is 1.98. The maximum Gasteiger partial charge on any atom is 0.328 e. The third-order valence-electron chi connectivity index (χ3n) is 3.30. The number of carboxylic acids is 2. The Kier molecular flexibility index (Phi) is 9.74. The summed E-state index contributed by atoms with van der Waals surface area (Å²) in [6.45, 7) is 1.63. The van der Waals surface area contributed by atoms with Gasteiger partial charge in [0.25, 0.3) is 0 Å². The SMILES string of the molecule is COc1cccc(CNCc2cccc(OC)c2)c1.O=C(O)/C=C\C(=O)O. The standard InChI is InChI=1S/C16H19NO2.C4H4O4/c1-18-15-7-3-5-13(9-15)11-17-12-14-6-4-8-16(10-14)19-2;5-3(6)1-2-4(7)8/h3-10,17H,11-12H2,1-2H3;1-2H,(H,5,6)(H,7,8)/b;2-1-. The van der Waals surface area contributed by atoms with E-state index in [0.29, 0.717) is 12.2 Å². The molecule has 0 aliphatic carbocycles. The second kappa shape index (κ2) is 12.1. The van der Waals surface area contributed by atoms with Crippen LogP contribution in [0.25, 0.3) is 0 Å². The lowest BCUT2D eigenvalue weighted by Crippen LogP contribution is -2.12. The molecule has 0 atom stereocenters. The van der Waals surface area contributed by atoms with Crippen LogP contribution in [0.1, 0.15) is 11.1 Å². The minimum Gasteiger partial charge on any atom is -0.497 e. The Labute approximate surface area is 157 Å². The summed E-state index contributed by atoms with van der Waals surface area (Å²) in [7, 11) is 3.37. The molecule has 0 aliphatic rings. The average molecular weight is 373 g/mol. The van der Waals surface area contributed by atoms with E-state index in [0.717, 1.165) is 24.6 Å². The Hall–Kier alpha value is -3.32. The molecule has 0 radical (unpaired) electrons. The largest absolute Gasteiger partial charge is 0.497 e. The number of benzene rings is 2. The molecule has 27 heavy (non-hydrogen) atoms. The minimum absolute atomic E-state index is 0.558. The highest BCUT2D eigenvalue weighted by molar-refractivity contribution is 5.89. The van der Waals surface area contributed by atoms with E-state index in [2.05, 4.69) is 17.4 Å². The van der Waals surface area contributed by atoms with Crippen molar-refractivity contribution >= 4 is 11.9 Å². The van der Waals surface area contributed by atoms with Crippen molar-refractivity contribution < 1.29 is 29.3 Å². The molecule has 2 aromatic rings. The van der Waals surface area contributed by atoms with Crippen LogP contribution in [0.2, 0.25) is 0 Å². The molecule has 2 aromatic carbocycles. The van der Waals surface area contributed by atoms with Crippen molar-refractivity contribution in [1.82, 2.24) is 5.32 Å². The minimum atomic E-state index is -1.26. The topological polar surface area (TPSA) is 105 Å². The van der Waals surface area contributed by atoms with Crippen LogP contribution in [0.15, 0.2) is 60.7 Å². The Balaban J connectivity index is 0.000000387. The van der Waals surface area contributed by atoms with Gasteiger partial charge in [-0.3, -0.25) is 0 Å². The van der Waals surface area contributed by atoms with Gasteiger partial charge < -0.3 is 25.0 Å². The first-order valence-corrected chi connectivity index (χ1v) is 8.05. The summed E-state index contributed by atoms with van der Waals surface area (Å²) in [5.74, 6) is -0.735. The Morgan fingerprint density at radius 3 is 1.59 bits per heavy atom. The smallest absolute Gasteiger partial charge is 0.328 e. The predicted octanol–water partition coefficient (Wildman–Crippen LogP) is 2.71. The number of rotatable bonds is 8. The lowest BCUT2D eigenvalue weighted by atomic mass is 10.2. The maximum atomic E-state index is 9.55. The molecule has 0 saturated heterocycles. The predicted molar refractivity (Wildman–Crippen MR) is 101 cm³/mol. The molecule has 0 aliphatic heterocycles. The molecule has 0 aromatic heterocycles. The fourth-order valence-electron chi connectivity index (χ4n) is 2.06. The molecule has 0 saturated carbocycles. The van der Waals surface area contributed by atoms with Crippen molar-refractivity contribution in [3.8, 4) is 11.5 Å². The molecular formula is C20H23NO6. The quantitative estimate of drug-likeness (QED) is 0.611. The number of aliphatic carboxylic acids is 2. The van der Waals surface area contributed by atoms with E-state index >= 15 is 0 Å². The third-order valence-corrected chi connectivity index (χ3v) is 3.30. The van der Waals surface area contributed by atoms with Gasteiger partial charge in [0, 0.05) is 25.2 Å². The van der Waals surface area contributed by atoms with Crippen molar-refractivity contribution in [3.63, 3.8) is 0 Å². The Morgan fingerprint density at radius 2 is 1.26 bits per heavy atom. The number of ether oxygens (including phenoxy) is 2. The third kappa shape index (κ3) is 9.66. The summed E-state index contributed by atoms with van der Waals surface area (Å²) < 4.78 is 10.4. The maximum absolute atomic E-state index is 9.55. The normalized spacial score (nSPS) is 10.0. The number of methoxy groups -OCH3 is 2. The van der Waals surface area contributed by atoms with E-state index in [9.17, 15) is 9.59 Å². The van der Waals surface area contributed by atoms with E-state index < -0.39 is 11.9 Å². The van der Waals surface area contributed by atoms with E-state index in [1.165, 1.54) is 11.1 Å². The van der Waals surface area contributed by atoms with Gasteiger partial charge in [-0.2, -0.15) is 0 Å². The number of nitrogens with one attached hydrogen (secondary N) is 1. The van der Waals surface area contributed by atoms with Gasteiger partial charge in [-0.05, 0) is 35.4 Å². The first-order chi connectivity index (χ1) is 12.9. The van der Waals surface area contributed by atoms with Gasteiger partial charge in [0.15, 0.2) is 0 Å². The van der Waals surface area contributed by atoms with Crippen LogP contribution in [0.3, 0.4) is 0 Å². The molecule has 2 rings (SSSR count). The molecule has 0 unspecified atom stereocenters. The Bertz CT molecular complexity index is 709. The zero-order valence-corrected chi connectivity index (χ0v) is 15.2. The van der Waals surface area contributed by atoms with Crippen LogP contribution in [0.4, 0.5) is 0 Å². The van der Waals surface area contributed by atoms with Crippen LogP contribution in [0, 0.1) is 0 Å². The zero-order chi connectivity index (χ0) is 20.1. The molecule has 0 heterocycles. The number of hydrogen-bond acceptors (Lipinski definition) is 5. The summed E-state index contributed by atoms with van der Waals surface area (Å²) in [5.41, 5.74) is 2.42. The fraction of sp³-hybridized carbons (Fsp3) is 0.200. The molecule has 7 nitrogen and oxygen atoms in total. The molecule has 0 fully saturated rings. The van der Waals surface area contributed by atoms with E-state index in [1.807, 2.05) is 36.4 Å². The van der Waals surface area contributed by atoms with Crippen molar-refractivity contribution in [2.45, 2.75) is 13.1 Å². The molecule has 0 amide bonds. The van der Waals surface area contributed by atoms with Gasteiger partial charge in [-0.15, -0.1) is 0 Å². The molecule has 3 N–H and O–H groups in total. The van der Waals surface area contributed by atoms with Crippen LogP contribution in [0.5, 0.6) is 11.5 Å². The number of carbonyl (C=O) groups is 2. The van der Waals surface area contributed by atoms with E-state index in [1.54, 1.807) is 14.2 Å². The average Bonchev–Trinajstić information content (AvgIpc) is 2.67. The molecule has 7 heteroatoms. The first-order valence-electron chi connectivity index (χ1n) is 8.05. The molecular weight excluding hydrogens is 350 g/mol. The van der Waals surface area contributed by atoms with Crippen LogP contribution < -0.4 is 14.8 Å². The first kappa shape index (κ1) is 21.7. The number of carboxylic acid groups (broad SMARTS) is 2. The van der Waals surface area contributed by atoms with Crippen molar-refractivity contribution in [2.75, 3.05) is 14.2 Å². The molecule has 144 valence electrons. The van der Waals surface area contributed by atoms with Crippen LogP contribution >= 0.6 is 0 Å². The summed E-state index contributed by atoms with van der Waals surface area (Å²) in [5, 5.41) is 19.0. The summed E-state index contributed by atoms with van der Waals surface area (Å²) >= 11 is 0. The Morgan fingerprint density at radius 1 is 0.852 bits per heavy atom. The van der Waals surface area contributed by atoms with Crippen LogP contribution in [-0.4, -0.2) is 36.4 Å². The summed E-state index contributed by atoms with van der Waals surface area (Å²) in [4.78, 5) is 19.1. The zero-order valence-electron chi connectivity index (χ0n) is 15.2. The molecule has 0 spiro atoms. The van der Waals surface area contributed by atoms with Gasteiger partial charge in [-0.1, -0.05) is 24.3 Å². The fourth-order valence-corrected chi connectivity index (χ4v) is 2.06. The van der Waals surface area contributed by atoms with E-state index in [-0.39, 0.29) is 0 Å². The van der Waals surface area contributed by atoms with Gasteiger partial charge in [0.05, 0.1) is 14.2 Å². The highest BCUT2D eigenvalue weighted by Crippen LogP contribution is 2.14. The summed E-state index contributed by atoms with van der Waals surface area (Å²) in [6.07, 6.45) is 1.12. The number of hydrogen-bond donors (Lipinski definition) is 3. The second-order valence-electron chi connectivity index (χ2n) is 5.32. The van der Waals surface area contributed by atoms with Gasteiger partial charge in [0.1, 0.15) is 11.5 Å². The van der Waals surface area contributed by atoms with Crippen molar-refractivity contribution in [3.05, 3.63) is 71.8 Å². The van der Waals surface area contributed by atoms with Crippen molar-refractivity contribution in [1.29, 1.82) is 0 Å². The van der Waals surface area contributed by atoms with Crippen molar-refractivity contribution in [2.24, 2.45) is 0 Å². The van der Waals surface area contributed by atoms with Crippen LogP contribution in [-0.2, 0) is 22.7 Å². The van der Waals surface area contributed by atoms with Gasteiger partial charge in [0.2, 0.25) is 0 Å². The monoisotopic (exact) mass is 373 g/mol. The van der Waals surface area contributed by atoms with Gasteiger partial charge >= 0.3 is 11.9 Å². The lowest BCUT2D eigenvalue weighted by Gasteiger charge is -2.08. The van der Waals surface area contributed by atoms with E-state index in [4.69, 9.17) is 19.7 Å². The second-order valence-corrected chi connectivity index (χ2v) is 5.32. The van der Waals surface area contributed by atoms with Gasteiger partial charge in [-0.25, -0.2) is 9.59 Å². The lowest BCUT2D eigenvalue weighted by molar-refractivity contribution is -0.134.